The molecule has 2 rings (SSSR count). The molecule has 1 fully saturated rings. The Kier molecular flexibility index (Phi) is 4.71. The van der Waals surface area contributed by atoms with E-state index in [4.69, 9.17) is 19.7 Å². The maximum atomic E-state index is 11.1. The molecule has 126 valence electrons. The SMILES string of the molecule is O=C(O)c1cccc(O)c1OC1OC(C(=O)O)C(O)C(O)C1O. The van der Waals surface area contributed by atoms with E-state index in [1.165, 1.54) is 6.07 Å². The van der Waals surface area contributed by atoms with Crippen LogP contribution >= 0.6 is 0 Å². The van der Waals surface area contributed by atoms with Crippen LogP contribution in [0.3, 0.4) is 0 Å². The first-order valence-corrected chi connectivity index (χ1v) is 6.38. The summed E-state index contributed by atoms with van der Waals surface area (Å²) in [5.41, 5.74) is -0.465. The standard InChI is InChI=1S/C13H14O10/c14-5-3-1-2-4(11(18)19)9(5)22-13-8(17)6(15)7(16)10(23-13)12(20)21/h1-3,6-8,10,13-17H,(H,18,19)(H,20,21). The minimum Gasteiger partial charge on any atom is -0.504 e. The van der Waals surface area contributed by atoms with Crippen LogP contribution in [0.25, 0.3) is 0 Å². The van der Waals surface area contributed by atoms with Gasteiger partial charge < -0.3 is 40.1 Å². The minimum absolute atomic E-state index is 0.465. The third-order valence-electron chi connectivity index (χ3n) is 3.27. The van der Waals surface area contributed by atoms with Gasteiger partial charge in [0.05, 0.1) is 0 Å². The van der Waals surface area contributed by atoms with Crippen LogP contribution in [0.4, 0.5) is 0 Å². The number of hydrogen-bond donors (Lipinski definition) is 6. The van der Waals surface area contributed by atoms with Gasteiger partial charge in [0.15, 0.2) is 17.6 Å². The first-order valence-electron chi connectivity index (χ1n) is 6.38. The fraction of sp³-hybridized carbons (Fsp3) is 0.385. The van der Waals surface area contributed by atoms with Gasteiger partial charge in [-0.05, 0) is 12.1 Å². The Hall–Kier alpha value is -2.40. The van der Waals surface area contributed by atoms with E-state index in [0.717, 1.165) is 12.1 Å². The average Bonchev–Trinajstić information content (AvgIpc) is 2.48. The molecule has 6 N–H and O–H groups in total. The van der Waals surface area contributed by atoms with Crippen molar-refractivity contribution in [1.82, 2.24) is 0 Å². The van der Waals surface area contributed by atoms with Crippen molar-refractivity contribution < 1.29 is 49.7 Å². The number of carboxylic acid groups (broad SMARTS) is 2. The van der Waals surface area contributed by atoms with Gasteiger partial charge in [-0.1, -0.05) is 6.07 Å². The summed E-state index contributed by atoms with van der Waals surface area (Å²) < 4.78 is 9.90. The van der Waals surface area contributed by atoms with Crippen LogP contribution in [-0.2, 0) is 9.53 Å². The van der Waals surface area contributed by atoms with Gasteiger partial charge in [-0.3, -0.25) is 0 Å². The lowest BCUT2D eigenvalue weighted by molar-refractivity contribution is -0.271. The Morgan fingerprint density at radius 1 is 1.04 bits per heavy atom. The third-order valence-corrected chi connectivity index (χ3v) is 3.27. The van der Waals surface area contributed by atoms with Gasteiger partial charge in [-0.2, -0.15) is 0 Å². The van der Waals surface area contributed by atoms with Gasteiger partial charge in [0.1, 0.15) is 23.9 Å². The van der Waals surface area contributed by atoms with E-state index in [1.54, 1.807) is 0 Å². The number of aliphatic hydroxyl groups excluding tert-OH is 3. The smallest absolute Gasteiger partial charge is 0.339 e. The monoisotopic (exact) mass is 330 g/mol. The summed E-state index contributed by atoms with van der Waals surface area (Å²) in [7, 11) is 0. The fourth-order valence-electron chi connectivity index (χ4n) is 2.08. The molecule has 1 aromatic rings. The van der Waals surface area contributed by atoms with Crippen molar-refractivity contribution in [3.8, 4) is 11.5 Å². The van der Waals surface area contributed by atoms with Gasteiger partial charge in [0, 0.05) is 0 Å². The van der Waals surface area contributed by atoms with E-state index in [-0.39, 0.29) is 0 Å². The highest BCUT2D eigenvalue weighted by atomic mass is 16.7. The summed E-state index contributed by atoms with van der Waals surface area (Å²) in [6.45, 7) is 0. The van der Waals surface area contributed by atoms with Crippen LogP contribution in [0.5, 0.6) is 11.5 Å². The van der Waals surface area contributed by atoms with E-state index in [2.05, 4.69) is 0 Å². The summed E-state index contributed by atoms with van der Waals surface area (Å²) in [6, 6.07) is 3.45. The maximum absolute atomic E-state index is 11.1. The van der Waals surface area contributed by atoms with Crippen molar-refractivity contribution in [2.75, 3.05) is 0 Å². The largest absolute Gasteiger partial charge is 0.504 e. The van der Waals surface area contributed by atoms with Gasteiger partial charge >= 0.3 is 11.9 Å². The number of para-hydroxylation sites is 1. The predicted molar refractivity (Wildman–Crippen MR) is 70.0 cm³/mol. The number of ether oxygens (including phenoxy) is 2. The van der Waals surface area contributed by atoms with Crippen LogP contribution < -0.4 is 4.74 Å². The van der Waals surface area contributed by atoms with E-state index < -0.39 is 59.7 Å². The fourth-order valence-corrected chi connectivity index (χ4v) is 2.08. The molecule has 5 atom stereocenters. The number of aromatic hydroxyl groups is 1. The second kappa shape index (κ2) is 6.38. The van der Waals surface area contributed by atoms with Crippen molar-refractivity contribution in [2.45, 2.75) is 30.7 Å². The molecule has 1 aliphatic rings. The maximum Gasteiger partial charge on any atom is 0.339 e. The molecule has 1 heterocycles. The number of aliphatic hydroxyl groups is 3. The van der Waals surface area contributed by atoms with Crippen LogP contribution in [0.15, 0.2) is 18.2 Å². The lowest BCUT2D eigenvalue weighted by Gasteiger charge is -2.38. The van der Waals surface area contributed by atoms with Gasteiger partial charge in [-0.25, -0.2) is 9.59 Å². The number of carboxylic acids is 2. The highest BCUT2D eigenvalue weighted by Crippen LogP contribution is 2.33. The number of carbonyl (C=O) groups is 2. The number of benzene rings is 1. The molecule has 0 radical (unpaired) electrons. The van der Waals surface area contributed by atoms with Crippen LogP contribution in [0.1, 0.15) is 10.4 Å². The van der Waals surface area contributed by atoms with E-state index >= 15 is 0 Å². The summed E-state index contributed by atoms with van der Waals surface area (Å²) >= 11 is 0. The number of hydrogen-bond acceptors (Lipinski definition) is 8. The van der Waals surface area contributed by atoms with Crippen molar-refractivity contribution in [3.05, 3.63) is 23.8 Å². The van der Waals surface area contributed by atoms with E-state index in [1.807, 2.05) is 0 Å². The average molecular weight is 330 g/mol. The predicted octanol–water partition coefficient (Wildman–Crippen LogP) is -1.64. The molecule has 1 saturated heterocycles. The Balaban J connectivity index is 2.32. The van der Waals surface area contributed by atoms with Crippen molar-refractivity contribution in [1.29, 1.82) is 0 Å². The molecule has 1 aliphatic heterocycles. The van der Waals surface area contributed by atoms with Crippen molar-refractivity contribution in [3.63, 3.8) is 0 Å². The van der Waals surface area contributed by atoms with Crippen LogP contribution in [0, 0.1) is 0 Å². The zero-order valence-electron chi connectivity index (χ0n) is 11.4. The normalized spacial score (nSPS) is 30.7. The highest BCUT2D eigenvalue weighted by molar-refractivity contribution is 5.91. The zero-order valence-corrected chi connectivity index (χ0v) is 11.4. The van der Waals surface area contributed by atoms with E-state index in [9.17, 15) is 30.0 Å². The second-order valence-electron chi connectivity index (χ2n) is 4.81. The molecule has 0 aliphatic carbocycles. The topological polar surface area (TPSA) is 174 Å². The lowest BCUT2D eigenvalue weighted by Crippen LogP contribution is -2.61. The summed E-state index contributed by atoms with van der Waals surface area (Å²) in [5, 5.41) is 56.7. The molecule has 5 unspecified atom stereocenters. The van der Waals surface area contributed by atoms with Gasteiger partial charge in [0.25, 0.3) is 0 Å². The molecule has 23 heavy (non-hydrogen) atoms. The Morgan fingerprint density at radius 2 is 1.70 bits per heavy atom. The molecule has 0 amide bonds. The molecular weight excluding hydrogens is 316 g/mol. The molecule has 0 saturated carbocycles. The molecule has 0 spiro atoms. The van der Waals surface area contributed by atoms with Crippen LogP contribution in [0.2, 0.25) is 0 Å². The van der Waals surface area contributed by atoms with Crippen LogP contribution in [-0.4, -0.2) is 73.3 Å². The van der Waals surface area contributed by atoms with Crippen molar-refractivity contribution >= 4 is 11.9 Å². The molecule has 1 aromatic carbocycles. The number of rotatable bonds is 4. The Morgan fingerprint density at radius 3 is 2.26 bits per heavy atom. The third kappa shape index (κ3) is 3.19. The molecule has 10 nitrogen and oxygen atoms in total. The lowest BCUT2D eigenvalue weighted by atomic mass is 9.99. The molecule has 0 bridgehead atoms. The molecule has 0 aromatic heterocycles. The number of aliphatic carboxylic acids is 1. The van der Waals surface area contributed by atoms with Gasteiger partial charge in [-0.15, -0.1) is 0 Å². The van der Waals surface area contributed by atoms with Crippen molar-refractivity contribution in [2.24, 2.45) is 0 Å². The number of phenols is 1. The summed E-state index contributed by atoms with van der Waals surface area (Å²) in [6.07, 6.45) is -9.42. The highest BCUT2D eigenvalue weighted by Gasteiger charge is 2.48. The van der Waals surface area contributed by atoms with E-state index in [0.29, 0.717) is 0 Å². The summed E-state index contributed by atoms with van der Waals surface area (Å²) in [4.78, 5) is 22.1. The Labute approximate surface area is 128 Å². The molecular formula is C13H14O10. The number of aromatic carboxylic acids is 1. The minimum atomic E-state index is -1.91. The number of phenolic OH excluding ortho intramolecular Hbond substituents is 1. The quantitative estimate of drug-likeness (QED) is 0.376. The second-order valence-corrected chi connectivity index (χ2v) is 4.81. The first-order chi connectivity index (χ1) is 10.7. The Bertz CT molecular complexity index is 615. The van der Waals surface area contributed by atoms with Gasteiger partial charge in [0.2, 0.25) is 6.29 Å². The molecule has 10 heteroatoms. The zero-order chi connectivity index (χ0) is 17.3. The summed E-state index contributed by atoms with van der Waals surface area (Å²) in [5.74, 6) is -4.23. The first kappa shape index (κ1) is 17.0.